The Bertz CT molecular complexity index is 1570. The molecule has 0 spiro atoms. The molecule has 0 unspecified atom stereocenters. The van der Waals surface area contributed by atoms with Crippen molar-refractivity contribution in [2.75, 3.05) is 13.1 Å². The maximum absolute atomic E-state index is 13.8. The van der Waals surface area contributed by atoms with Gasteiger partial charge in [0, 0.05) is 37.3 Å². The van der Waals surface area contributed by atoms with E-state index in [9.17, 15) is 16.8 Å². The zero-order valence-electron chi connectivity index (χ0n) is 22.5. The van der Waals surface area contributed by atoms with Gasteiger partial charge in [0.15, 0.2) is 0 Å². The first-order chi connectivity index (χ1) is 19.1. The van der Waals surface area contributed by atoms with Gasteiger partial charge in [0.1, 0.15) is 11.5 Å². The Hall–Kier alpha value is -3.50. The number of para-hydroxylation sites is 2. The van der Waals surface area contributed by atoms with Crippen molar-refractivity contribution in [2.45, 2.75) is 43.1 Å². The van der Waals surface area contributed by atoms with E-state index in [4.69, 9.17) is 4.74 Å². The molecule has 0 saturated carbocycles. The number of ether oxygens (including phenoxy) is 1. The lowest BCUT2D eigenvalue weighted by molar-refractivity contribution is 0.340. The monoisotopic (exact) mass is 576 g/mol. The van der Waals surface area contributed by atoms with E-state index in [0.717, 1.165) is 22.3 Å². The first kappa shape index (κ1) is 28.0. The van der Waals surface area contributed by atoms with Crippen molar-refractivity contribution < 1.29 is 21.6 Å². The summed E-state index contributed by atoms with van der Waals surface area (Å²) in [5, 5.41) is 0. The summed E-state index contributed by atoms with van der Waals surface area (Å²) in [6, 6.07) is 28.2. The number of sulfonamides is 2. The number of hydrogen-bond acceptors (Lipinski definition) is 5. The largest absolute Gasteiger partial charge is 0.457 e. The summed E-state index contributed by atoms with van der Waals surface area (Å²) >= 11 is 0. The normalized spacial score (nSPS) is 15.7. The Morgan fingerprint density at radius 3 is 1.32 bits per heavy atom. The Balaban J connectivity index is 1.58. The molecule has 0 aliphatic carbocycles. The lowest BCUT2D eigenvalue weighted by Gasteiger charge is -2.28. The van der Waals surface area contributed by atoms with Gasteiger partial charge >= 0.3 is 0 Å². The van der Waals surface area contributed by atoms with Crippen LogP contribution in [0, 0.1) is 13.8 Å². The second-order valence-corrected chi connectivity index (χ2v) is 13.9. The van der Waals surface area contributed by atoms with Gasteiger partial charge < -0.3 is 4.74 Å². The lowest BCUT2D eigenvalue weighted by Crippen LogP contribution is -2.36. The fraction of sp³-hybridized carbons (Fsp3) is 0.226. The number of benzene rings is 4. The van der Waals surface area contributed by atoms with Crippen molar-refractivity contribution in [3.63, 3.8) is 0 Å². The van der Waals surface area contributed by atoms with Crippen molar-refractivity contribution in [1.82, 2.24) is 8.61 Å². The van der Waals surface area contributed by atoms with E-state index in [2.05, 4.69) is 0 Å². The number of nitrogens with zero attached hydrogens (tertiary/aromatic N) is 2. The molecule has 0 aromatic heterocycles. The fourth-order valence-electron chi connectivity index (χ4n) is 4.68. The molecule has 208 valence electrons. The third-order valence-electron chi connectivity index (χ3n) is 6.99. The molecule has 0 amide bonds. The van der Waals surface area contributed by atoms with Crippen LogP contribution in [0.5, 0.6) is 11.5 Å². The van der Waals surface area contributed by atoms with Crippen LogP contribution < -0.4 is 4.74 Å². The minimum absolute atomic E-state index is 0.0826. The van der Waals surface area contributed by atoms with Gasteiger partial charge in [-0.2, -0.15) is 8.61 Å². The smallest absolute Gasteiger partial charge is 0.243 e. The highest BCUT2D eigenvalue weighted by molar-refractivity contribution is 7.89. The van der Waals surface area contributed by atoms with E-state index in [1.807, 2.05) is 50.2 Å². The molecule has 0 atom stereocenters. The zero-order chi connectivity index (χ0) is 28.3. The molecule has 5 rings (SSSR count). The van der Waals surface area contributed by atoms with Crippen LogP contribution in [0.3, 0.4) is 0 Å². The molecule has 0 N–H and O–H groups in total. The van der Waals surface area contributed by atoms with Gasteiger partial charge in [-0.3, -0.25) is 0 Å². The summed E-state index contributed by atoms with van der Waals surface area (Å²) in [5.41, 5.74) is 3.36. The number of rotatable bonds is 4. The summed E-state index contributed by atoms with van der Waals surface area (Å²) in [6.07, 6.45) is 0.307. The Kier molecular flexibility index (Phi) is 8.09. The van der Waals surface area contributed by atoms with E-state index >= 15 is 0 Å². The zero-order valence-corrected chi connectivity index (χ0v) is 24.2. The number of fused-ring (bicyclic) bond motifs is 2. The molecule has 0 radical (unpaired) electrons. The van der Waals surface area contributed by atoms with Gasteiger partial charge in [-0.05, 0) is 56.7 Å². The van der Waals surface area contributed by atoms with Crippen LogP contribution in [0.4, 0.5) is 0 Å². The molecular weight excluding hydrogens is 544 g/mol. The molecule has 7 nitrogen and oxygen atoms in total. The summed E-state index contributed by atoms with van der Waals surface area (Å²) in [6.45, 7) is 4.24. The van der Waals surface area contributed by atoms with Crippen molar-refractivity contribution in [2.24, 2.45) is 0 Å². The molecule has 1 aliphatic heterocycles. The third kappa shape index (κ3) is 5.97. The van der Waals surface area contributed by atoms with Crippen LogP contribution in [0.15, 0.2) is 107 Å². The molecule has 40 heavy (non-hydrogen) atoms. The van der Waals surface area contributed by atoms with Crippen LogP contribution >= 0.6 is 0 Å². The van der Waals surface area contributed by atoms with Crippen LogP contribution in [0.1, 0.15) is 28.7 Å². The maximum atomic E-state index is 13.8. The highest BCUT2D eigenvalue weighted by Gasteiger charge is 2.29. The highest BCUT2D eigenvalue weighted by Crippen LogP contribution is 2.32. The summed E-state index contributed by atoms with van der Waals surface area (Å²) in [5.74, 6) is 1.04. The van der Waals surface area contributed by atoms with Gasteiger partial charge in [-0.15, -0.1) is 0 Å². The quantitative estimate of drug-likeness (QED) is 0.303. The molecule has 0 saturated heterocycles. The second kappa shape index (κ2) is 11.5. The van der Waals surface area contributed by atoms with E-state index in [1.54, 1.807) is 60.7 Å². The average molecular weight is 577 g/mol. The Labute approximate surface area is 236 Å². The first-order valence-corrected chi connectivity index (χ1v) is 16.0. The minimum Gasteiger partial charge on any atom is -0.457 e. The van der Waals surface area contributed by atoms with Gasteiger partial charge in [0.05, 0.1) is 9.79 Å². The fourth-order valence-corrected chi connectivity index (χ4v) is 7.59. The van der Waals surface area contributed by atoms with Gasteiger partial charge in [-0.1, -0.05) is 71.8 Å². The molecule has 0 fully saturated rings. The van der Waals surface area contributed by atoms with E-state index in [0.29, 0.717) is 17.9 Å². The molecule has 0 bridgehead atoms. The minimum atomic E-state index is -3.87. The molecule has 4 aromatic rings. The number of aryl methyl sites for hydroxylation is 2. The summed E-state index contributed by atoms with van der Waals surface area (Å²) < 4.78 is 64.4. The molecule has 9 heteroatoms. The van der Waals surface area contributed by atoms with Crippen LogP contribution in [0.25, 0.3) is 0 Å². The standard InChI is InChI=1S/C31H32N2O5S2/c1-24-12-16-28(17-13-24)39(34,35)32-20-7-21-33(40(36,37)29-18-14-25(2)15-19-29)23-27-9-4-6-11-31(27)38-30-10-5-3-8-26(30)22-32/h3-6,8-19H,7,20-23H2,1-2H3. The first-order valence-electron chi connectivity index (χ1n) is 13.1. The number of hydrogen-bond donors (Lipinski definition) is 0. The van der Waals surface area contributed by atoms with E-state index < -0.39 is 20.0 Å². The average Bonchev–Trinajstić information content (AvgIpc) is 2.93. The third-order valence-corrected chi connectivity index (χ3v) is 10.7. The molecule has 1 aliphatic rings. The van der Waals surface area contributed by atoms with Gasteiger partial charge in [-0.25, -0.2) is 16.8 Å². The van der Waals surface area contributed by atoms with Crippen molar-refractivity contribution >= 4 is 20.0 Å². The maximum Gasteiger partial charge on any atom is 0.243 e. The predicted octanol–water partition coefficient (Wildman–Crippen LogP) is 5.88. The highest BCUT2D eigenvalue weighted by atomic mass is 32.2. The van der Waals surface area contributed by atoms with Crippen molar-refractivity contribution in [1.29, 1.82) is 0 Å². The molecule has 4 aromatic carbocycles. The van der Waals surface area contributed by atoms with Crippen molar-refractivity contribution in [3.8, 4) is 11.5 Å². The Morgan fingerprint density at radius 1 is 0.550 bits per heavy atom. The van der Waals surface area contributed by atoms with Gasteiger partial charge in [0.25, 0.3) is 0 Å². The second-order valence-electron chi connectivity index (χ2n) is 9.97. The lowest BCUT2D eigenvalue weighted by atomic mass is 10.1. The summed E-state index contributed by atoms with van der Waals surface area (Å²) in [4.78, 5) is 0.385. The van der Waals surface area contributed by atoms with E-state index in [1.165, 1.54) is 8.61 Å². The van der Waals surface area contributed by atoms with Crippen LogP contribution in [0.2, 0.25) is 0 Å². The topological polar surface area (TPSA) is 84.0 Å². The SMILES string of the molecule is Cc1ccc(S(=O)(=O)N2CCCN(S(=O)(=O)c3ccc(C)cc3)Cc3ccccc3Oc3ccccc3C2)cc1. The van der Waals surface area contributed by atoms with Crippen LogP contribution in [-0.2, 0) is 33.1 Å². The predicted molar refractivity (Wildman–Crippen MR) is 155 cm³/mol. The Morgan fingerprint density at radius 2 is 0.925 bits per heavy atom. The van der Waals surface area contributed by atoms with Crippen LogP contribution in [-0.4, -0.2) is 38.5 Å². The molecular formula is C31H32N2O5S2. The molecule has 1 heterocycles. The van der Waals surface area contributed by atoms with E-state index in [-0.39, 0.29) is 36.0 Å². The van der Waals surface area contributed by atoms with Crippen molar-refractivity contribution in [3.05, 3.63) is 119 Å². The summed E-state index contributed by atoms with van der Waals surface area (Å²) in [7, 11) is -7.74. The van der Waals surface area contributed by atoms with Gasteiger partial charge in [0.2, 0.25) is 20.0 Å².